The molecule has 4 nitrogen and oxygen atoms in total. The number of hydrogen-bond acceptors (Lipinski definition) is 4. The van der Waals surface area contributed by atoms with E-state index in [0.717, 1.165) is 25.7 Å². The first kappa shape index (κ1) is 21.4. The van der Waals surface area contributed by atoms with Crippen molar-refractivity contribution >= 4 is 41.5 Å². The van der Waals surface area contributed by atoms with E-state index in [-0.39, 0.29) is 35.5 Å². The summed E-state index contributed by atoms with van der Waals surface area (Å²) in [7, 11) is 0. The molecule has 0 atom stereocenters. The van der Waals surface area contributed by atoms with E-state index < -0.39 is 5.97 Å². The van der Waals surface area contributed by atoms with Crippen LogP contribution in [0.15, 0.2) is 54.6 Å². The predicted octanol–water partition coefficient (Wildman–Crippen LogP) is 3.99. The van der Waals surface area contributed by atoms with Crippen LogP contribution < -0.4 is 4.74 Å². The van der Waals surface area contributed by atoms with Crippen molar-refractivity contribution in [3.63, 3.8) is 0 Å². The van der Waals surface area contributed by atoms with Crippen molar-refractivity contribution in [3.8, 4) is 5.75 Å². The molecule has 0 aliphatic carbocycles. The molecule has 0 amide bonds. The summed E-state index contributed by atoms with van der Waals surface area (Å²) < 4.78 is 10.5. The number of ether oxygens (including phenoxy) is 2. The Morgan fingerprint density at radius 2 is 1.40 bits per heavy atom. The molecule has 0 spiro atoms. The topological polar surface area (TPSA) is 52.6 Å². The van der Waals surface area contributed by atoms with Gasteiger partial charge in [-0.1, -0.05) is 44.4 Å². The van der Waals surface area contributed by atoms with Crippen molar-refractivity contribution in [2.45, 2.75) is 32.6 Å². The van der Waals surface area contributed by atoms with Crippen molar-refractivity contribution in [1.29, 1.82) is 0 Å². The summed E-state index contributed by atoms with van der Waals surface area (Å²) >= 11 is 0. The van der Waals surface area contributed by atoms with Crippen LogP contribution in [-0.4, -0.2) is 48.1 Å². The van der Waals surface area contributed by atoms with E-state index in [1.54, 1.807) is 48.5 Å². The van der Waals surface area contributed by atoms with Gasteiger partial charge in [-0.15, -0.1) is 0 Å². The molecule has 0 saturated carbocycles. The van der Waals surface area contributed by atoms with Gasteiger partial charge in [0, 0.05) is 0 Å². The van der Waals surface area contributed by atoms with Crippen LogP contribution in [0.5, 0.6) is 5.75 Å². The normalized spacial score (nSPS) is 9.80. The molecule has 0 saturated heterocycles. The summed E-state index contributed by atoms with van der Waals surface area (Å²) in [5, 5.41) is 0. The molecule has 5 heteroatoms. The second-order valence-corrected chi connectivity index (χ2v) is 5.48. The van der Waals surface area contributed by atoms with E-state index in [0.29, 0.717) is 23.5 Å². The van der Waals surface area contributed by atoms with Gasteiger partial charge in [0.25, 0.3) is 0 Å². The van der Waals surface area contributed by atoms with Crippen LogP contribution in [0.1, 0.15) is 53.3 Å². The Labute approximate surface area is 170 Å². The van der Waals surface area contributed by atoms with Gasteiger partial charge in [0.2, 0.25) is 0 Å². The van der Waals surface area contributed by atoms with Crippen LogP contribution in [-0.2, 0) is 4.74 Å². The number of benzene rings is 2. The molecule has 128 valence electrons. The third-order valence-corrected chi connectivity index (χ3v) is 3.54. The minimum atomic E-state index is -0.458. The first-order valence-corrected chi connectivity index (χ1v) is 8.25. The summed E-state index contributed by atoms with van der Waals surface area (Å²) in [5.74, 6) is -0.340. The molecule has 2 aromatic rings. The fourth-order valence-corrected chi connectivity index (χ4v) is 2.17. The molecule has 0 fully saturated rings. The van der Waals surface area contributed by atoms with E-state index in [4.69, 9.17) is 9.47 Å². The molecular weight excluding hydrogens is 327 g/mol. The van der Waals surface area contributed by atoms with Crippen molar-refractivity contribution in [2.75, 3.05) is 6.61 Å². The van der Waals surface area contributed by atoms with Crippen LogP contribution in [0.4, 0.5) is 0 Å². The quantitative estimate of drug-likeness (QED) is 0.313. The van der Waals surface area contributed by atoms with Crippen LogP contribution >= 0.6 is 0 Å². The van der Waals surface area contributed by atoms with Crippen molar-refractivity contribution in [3.05, 3.63) is 65.7 Å². The van der Waals surface area contributed by atoms with Gasteiger partial charge >= 0.3 is 41.5 Å². The Hall–Kier alpha value is -1.62. The van der Waals surface area contributed by atoms with Crippen molar-refractivity contribution in [2.24, 2.45) is 0 Å². The van der Waals surface area contributed by atoms with Gasteiger partial charge in [0.15, 0.2) is 0 Å². The molecule has 2 rings (SSSR count). The van der Waals surface area contributed by atoms with Crippen molar-refractivity contribution < 1.29 is 19.1 Å². The van der Waals surface area contributed by atoms with Gasteiger partial charge in [-0.2, -0.15) is 0 Å². The van der Waals surface area contributed by atoms with Gasteiger partial charge in [0.1, 0.15) is 5.75 Å². The first-order chi connectivity index (χ1) is 11.7. The van der Waals surface area contributed by atoms with E-state index in [1.807, 2.05) is 6.07 Å². The van der Waals surface area contributed by atoms with Crippen LogP contribution in [0.3, 0.4) is 0 Å². The summed E-state index contributed by atoms with van der Waals surface area (Å²) in [6, 6.07) is 15.2. The average molecular weight is 350 g/mol. The van der Waals surface area contributed by atoms with E-state index in [9.17, 15) is 9.59 Å². The maximum absolute atomic E-state index is 12.0. The Morgan fingerprint density at radius 1 is 0.800 bits per heavy atom. The number of para-hydroxylation sites is 1. The minimum absolute atomic E-state index is 0. The van der Waals surface area contributed by atoms with E-state index in [2.05, 4.69) is 6.92 Å². The number of carbonyl (C=O) groups excluding carboxylic acids is 2. The zero-order chi connectivity index (χ0) is 17.2. The fraction of sp³-hybridized carbons (Fsp3) is 0.300. The molecule has 0 aliphatic rings. The summed E-state index contributed by atoms with van der Waals surface area (Å²) in [6.07, 6.45) is 4.24. The predicted molar refractivity (Wildman–Crippen MR) is 99.4 cm³/mol. The second kappa shape index (κ2) is 11.9. The maximum atomic E-state index is 12.0. The van der Waals surface area contributed by atoms with E-state index in [1.165, 1.54) is 0 Å². The third kappa shape index (κ3) is 7.43. The molecule has 0 aromatic heterocycles. The first-order valence-electron chi connectivity index (χ1n) is 8.25. The molecule has 2 aromatic carbocycles. The molecule has 0 N–H and O–H groups in total. The monoisotopic (exact) mass is 350 g/mol. The molecule has 0 aliphatic heterocycles. The molecule has 0 bridgehead atoms. The van der Waals surface area contributed by atoms with Gasteiger partial charge < -0.3 is 9.47 Å². The van der Waals surface area contributed by atoms with Gasteiger partial charge in [-0.25, -0.2) is 9.59 Å². The summed E-state index contributed by atoms with van der Waals surface area (Å²) in [4.78, 5) is 23.9. The second-order valence-electron chi connectivity index (χ2n) is 5.48. The molecule has 0 unspecified atom stereocenters. The number of carbonyl (C=O) groups is 2. The van der Waals surface area contributed by atoms with Crippen molar-refractivity contribution in [1.82, 2.24) is 0 Å². The number of unbranched alkanes of at least 4 members (excludes halogenated alkanes) is 3. The Morgan fingerprint density at radius 3 is 2.00 bits per heavy atom. The molecular formula is C20H23NaO4. The van der Waals surface area contributed by atoms with Crippen LogP contribution in [0, 0.1) is 0 Å². The summed E-state index contributed by atoms with van der Waals surface area (Å²) in [6.45, 7) is 2.56. The van der Waals surface area contributed by atoms with Gasteiger partial charge in [-0.3, -0.25) is 0 Å². The van der Waals surface area contributed by atoms with Crippen LogP contribution in [0.2, 0.25) is 0 Å². The molecule has 0 heterocycles. The standard InChI is InChI=1S/C20H22O4.Na.H/c1-2-3-4-8-15-23-19(21)16-11-13-17(14-12-16)20(22)24-18-9-6-5-7-10-18;;/h5-7,9-14H,2-4,8,15H2,1H3;;. The average Bonchev–Trinajstić information content (AvgIpc) is 2.62. The van der Waals surface area contributed by atoms with Gasteiger partial charge in [-0.05, 0) is 42.8 Å². The Bertz CT molecular complexity index is 653. The number of hydrogen-bond donors (Lipinski definition) is 0. The Balaban J connectivity index is 0.00000312. The Kier molecular flexibility index (Phi) is 10.2. The van der Waals surface area contributed by atoms with Crippen LogP contribution in [0.25, 0.3) is 0 Å². The van der Waals surface area contributed by atoms with E-state index >= 15 is 0 Å². The fourth-order valence-electron chi connectivity index (χ4n) is 2.17. The third-order valence-electron chi connectivity index (χ3n) is 3.54. The zero-order valence-corrected chi connectivity index (χ0v) is 13.9. The molecule has 25 heavy (non-hydrogen) atoms. The zero-order valence-electron chi connectivity index (χ0n) is 13.9. The number of rotatable bonds is 8. The number of esters is 2. The summed E-state index contributed by atoms with van der Waals surface area (Å²) in [5.41, 5.74) is 0.820. The SMILES string of the molecule is CCCCCCOC(=O)c1ccc(C(=O)Oc2ccccc2)cc1.[NaH]. The van der Waals surface area contributed by atoms with Gasteiger partial charge in [0.05, 0.1) is 17.7 Å². The molecule has 0 radical (unpaired) electrons.